The first-order chi connectivity index (χ1) is 16.3. The molecule has 0 unspecified atom stereocenters. The summed E-state index contributed by atoms with van der Waals surface area (Å²) in [5, 5.41) is 23.0. The normalized spacial score (nSPS) is 10.7. The largest absolute Gasteiger partial charge is 0.455 e. The zero-order valence-electron chi connectivity index (χ0n) is 18.1. The van der Waals surface area contributed by atoms with Crippen molar-refractivity contribution in [3.63, 3.8) is 0 Å². The van der Waals surface area contributed by atoms with Gasteiger partial charge in [-0.2, -0.15) is 0 Å². The predicted octanol–water partition coefficient (Wildman–Crippen LogP) is 5.88. The van der Waals surface area contributed by atoms with Crippen LogP contribution in [0.3, 0.4) is 0 Å². The van der Waals surface area contributed by atoms with E-state index in [9.17, 15) is 14.9 Å². The zero-order chi connectivity index (χ0) is 24.2. The van der Waals surface area contributed by atoms with Crippen LogP contribution in [0.5, 0.6) is 11.5 Å². The number of benzene rings is 3. The highest BCUT2D eigenvalue weighted by atomic mass is 35.5. The van der Waals surface area contributed by atoms with Crippen molar-refractivity contribution in [1.82, 2.24) is 14.8 Å². The lowest BCUT2D eigenvalue weighted by Gasteiger charge is -2.13. The Morgan fingerprint density at radius 1 is 1.15 bits per heavy atom. The monoisotopic (exact) mass is 495 g/mol. The number of aryl methyl sites for hydroxylation is 2. The molecule has 0 atom stereocenters. The summed E-state index contributed by atoms with van der Waals surface area (Å²) in [5.41, 5.74) is 1.30. The van der Waals surface area contributed by atoms with Gasteiger partial charge >= 0.3 is 0 Å². The highest BCUT2D eigenvalue weighted by Crippen LogP contribution is 2.35. The Bertz CT molecular complexity index is 1370. The third-order valence-corrected chi connectivity index (χ3v) is 6.08. The van der Waals surface area contributed by atoms with Gasteiger partial charge in [-0.05, 0) is 61.2 Å². The van der Waals surface area contributed by atoms with Gasteiger partial charge in [0.1, 0.15) is 12.1 Å². The summed E-state index contributed by atoms with van der Waals surface area (Å²) in [6, 6.07) is 16.5. The van der Waals surface area contributed by atoms with Crippen molar-refractivity contribution in [1.29, 1.82) is 0 Å². The lowest BCUT2D eigenvalue weighted by atomic mass is 10.1. The summed E-state index contributed by atoms with van der Waals surface area (Å²) in [7, 11) is 1.73. The molecule has 0 aliphatic rings. The SMILES string of the molecule is Cc1ccc(Oc2ccc(Cl)cc2NC(=O)c2ccc(Sc3nncn3C)c([N+](=O)[O-])c2)cc1. The zero-order valence-corrected chi connectivity index (χ0v) is 19.6. The summed E-state index contributed by atoms with van der Waals surface area (Å²) in [6.07, 6.45) is 1.50. The summed E-state index contributed by atoms with van der Waals surface area (Å²) in [5.74, 6) is 0.420. The molecule has 34 heavy (non-hydrogen) atoms. The van der Waals surface area contributed by atoms with Crippen molar-refractivity contribution in [2.75, 3.05) is 5.32 Å². The molecule has 11 heteroatoms. The van der Waals surface area contributed by atoms with E-state index in [1.807, 2.05) is 31.2 Å². The third-order valence-electron chi connectivity index (χ3n) is 4.73. The first-order valence-corrected chi connectivity index (χ1v) is 11.2. The first kappa shape index (κ1) is 23.3. The van der Waals surface area contributed by atoms with E-state index in [0.29, 0.717) is 32.3 Å². The molecular formula is C23H18ClN5O4S. The van der Waals surface area contributed by atoms with Crippen LogP contribution in [0.4, 0.5) is 11.4 Å². The van der Waals surface area contributed by atoms with Gasteiger partial charge in [0.05, 0.1) is 15.5 Å². The Labute approximate surface area is 203 Å². The molecule has 0 aliphatic carbocycles. The third kappa shape index (κ3) is 5.36. The van der Waals surface area contributed by atoms with E-state index in [4.69, 9.17) is 16.3 Å². The smallest absolute Gasteiger partial charge is 0.284 e. The second-order valence-corrected chi connectivity index (χ2v) is 8.72. The standard InChI is InChI=1S/C23H18ClN5O4S/c1-14-3-7-17(8-4-14)33-20-9-6-16(24)12-18(20)26-22(30)15-5-10-21(19(11-15)29(31)32)34-23-27-25-13-28(23)2/h3-13H,1-2H3,(H,26,30). The van der Waals surface area contributed by atoms with E-state index in [1.54, 1.807) is 29.8 Å². The minimum absolute atomic E-state index is 0.107. The average Bonchev–Trinajstić information content (AvgIpc) is 3.21. The molecule has 0 spiro atoms. The highest BCUT2D eigenvalue weighted by molar-refractivity contribution is 7.99. The van der Waals surface area contributed by atoms with Crippen molar-refractivity contribution in [2.24, 2.45) is 7.05 Å². The summed E-state index contributed by atoms with van der Waals surface area (Å²) < 4.78 is 7.55. The maximum Gasteiger partial charge on any atom is 0.284 e. The number of amides is 1. The average molecular weight is 496 g/mol. The van der Waals surface area contributed by atoms with Crippen LogP contribution in [0.15, 0.2) is 77.0 Å². The summed E-state index contributed by atoms with van der Waals surface area (Å²) >= 11 is 7.21. The van der Waals surface area contributed by atoms with E-state index >= 15 is 0 Å². The van der Waals surface area contributed by atoms with Gasteiger partial charge in [-0.1, -0.05) is 29.3 Å². The molecule has 4 aromatic rings. The molecule has 1 aromatic heterocycles. The Morgan fingerprint density at radius 3 is 2.59 bits per heavy atom. The molecule has 0 fully saturated rings. The Hall–Kier alpha value is -3.89. The number of nitro benzene ring substituents is 1. The number of halogens is 1. The van der Waals surface area contributed by atoms with Crippen molar-refractivity contribution in [3.05, 3.63) is 93.3 Å². The number of carbonyl (C=O) groups is 1. The Balaban J connectivity index is 1.59. The fourth-order valence-corrected chi connectivity index (χ4v) is 3.99. The number of rotatable bonds is 7. The van der Waals surface area contributed by atoms with Gasteiger partial charge in [-0.3, -0.25) is 14.9 Å². The van der Waals surface area contributed by atoms with Gasteiger partial charge in [-0.15, -0.1) is 10.2 Å². The van der Waals surface area contributed by atoms with Crippen LogP contribution < -0.4 is 10.1 Å². The van der Waals surface area contributed by atoms with Crippen LogP contribution in [-0.2, 0) is 7.05 Å². The Morgan fingerprint density at radius 2 is 1.91 bits per heavy atom. The molecule has 0 aliphatic heterocycles. The molecular weight excluding hydrogens is 478 g/mol. The number of aromatic nitrogens is 3. The first-order valence-electron chi connectivity index (χ1n) is 9.96. The van der Waals surface area contributed by atoms with E-state index in [1.165, 1.54) is 24.5 Å². The van der Waals surface area contributed by atoms with Crippen molar-refractivity contribution in [2.45, 2.75) is 17.0 Å². The number of nitrogens with zero attached hydrogens (tertiary/aromatic N) is 4. The Kier molecular flexibility index (Phi) is 6.80. The van der Waals surface area contributed by atoms with Gasteiger partial charge in [0, 0.05) is 23.7 Å². The minimum Gasteiger partial charge on any atom is -0.455 e. The van der Waals surface area contributed by atoms with E-state index < -0.39 is 10.8 Å². The van der Waals surface area contributed by atoms with E-state index in [0.717, 1.165) is 17.3 Å². The lowest BCUT2D eigenvalue weighted by molar-refractivity contribution is -0.387. The number of nitrogens with one attached hydrogen (secondary N) is 1. The van der Waals surface area contributed by atoms with Gasteiger partial charge in [-0.25, -0.2) is 0 Å². The number of hydrogen-bond acceptors (Lipinski definition) is 7. The molecule has 3 aromatic carbocycles. The topological polar surface area (TPSA) is 112 Å². The van der Waals surface area contributed by atoms with Crippen molar-refractivity contribution < 1.29 is 14.5 Å². The van der Waals surface area contributed by atoms with Gasteiger partial charge in [0.15, 0.2) is 10.9 Å². The molecule has 172 valence electrons. The van der Waals surface area contributed by atoms with Gasteiger partial charge in [0.25, 0.3) is 11.6 Å². The second kappa shape index (κ2) is 9.94. The molecule has 1 N–H and O–H groups in total. The molecule has 0 saturated carbocycles. The molecule has 1 amide bonds. The maximum absolute atomic E-state index is 13.0. The van der Waals surface area contributed by atoms with Crippen LogP contribution >= 0.6 is 23.4 Å². The van der Waals surface area contributed by atoms with Gasteiger partial charge < -0.3 is 14.6 Å². The molecule has 4 rings (SSSR count). The summed E-state index contributed by atoms with van der Waals surface area (Å²) in [6.45, 7) is 1.97. The van der Waals surface area contributed by atoms with Crippen LogP contribution in [0.1, 0.15) is 15.9 Å². The summed E-state index contributed by atoms with van der Waals surface area (Å²) in [4.78, 5) is 24.4. The molecule has 0 saturated heterocycles. The fourth-order valence-electron chi connectivity index (χ4n) is 2.97. The lowest BCUT2D eigenvalue weighted by Crippen LogP contribution is -2.13. The van der Waals surface area contributed by atoms with Gasteiger partial charge in [0.2, 0.25) is 0 Å². The highest BCUT2D eigenvalue weighted by Gasteiger charge is 2.21. The number of anilines is 1. The minimum atomic E-state index is -0.547. The number of ether oxygens (including phenoxy) is 1. The van der Waals surface area contributed by atoms with Crippen LogP contribution in [-0.4, -0.2) is 25.6 Å². The predicted molar refractivity (Wildman–Crippen MR) is 129 cm³/mol. The molecule has 1 heterocycles. The van der Waals surface area contributed by atoms with Crippen LogP contribution in [0, 0.1) is 17.0 Å². The maximum atomic E-state index is 13.0. The molecule has 0 radical (unpaired) electrons. The number of carbonyl (C=O) groups excluding carboxylic acids is 1. The van der Waals surface area contributed by atoms with Crippen molar-refractivity contribution in [3.8, 4) is 11.5 Å². The van der Waals surface area contributed by atoms with Crippen LogP contribution in [0.25, 0.3) is 0 Å². The van der Waals surface area contributed by atoms with Crippen molar-refractivity contribution >= 4 is 40.6 Å². The molecule has 9 nitrogen and oxygen atoms in total. The molecule has 0 bridgehead atoms. The fraction of sp³-hybridized carbons (Fsp3) is 0.0870. The van der Waals surface area contributed by atoms with Crippen LogP contribution in [0.2, 0.25) is 5.02 Å². The van der Waals surface area contributed by atoms with E-state index in [2.05, 4.69) is 15.5 Å². The van der Waals surface area contributed by atoms with E-state index in [-0.39, 0.29) is 11.3 Å². The quantitative estimate of drug-likeness (QED) is 0.251. The number of nitro groups is 1. The number of hydrogen-bond donors (Lipinski definition) is 1. The second-order valence-electron chi connectivity index (χ2n) is 7.28.